The van der Waals surface area contributed by atoms with E-state index in [9.17, 15) is 0 Å². The molecule has 0 saturated heterocycles. The Balaban J connectivity index is 1.05. The predicted octanol–water partition coefficient (Wildman–Crippen LogP) is 13.4. The minimum atomic E-state index is 0.654. The van der Waals surface area contributed by atoms with E-state index in [1.807, 2.05) is 53.0 Å². The first kappa shape index (κ1) is 27.4. The quantitative estimate of drug-likeness (QED) is 0.186. The van der Waals surface area contributed by atoms with Gasteiger partial charge in [0.05, 0.1) is 0 Å². The highest BCUT2D eigenvalue weighted by Crippen LogP contribution is 2.44. The van der Waals surface area contributed by atoms with Crippen molar-refractivity contribution < 1.29 is 4.42 Å². The Hall–Kier alpha value is -5.75. The number of oxazole rings is 1. The molecule has 10 aromatic rings. The summed E-state index contributed by atoms with van der Waals surface area (Å²) in [6.45, 7) is 0. The van der Waals surface area contributed by atoms with Gasteiger partial charge in [0.15, 0.2) is 5.58 Å². The highest BCUT2D eigenvalue weighted by Gasteiger charge is 2.17. The summed E-state index contributed by atoms with van der Waals surface area (Å²) >= 11 is 3.67. The Labute approximate surface area is 284 Å². The molecule has 0 bridgehead atoms. The Morgan fingerprint density at radius 1 is 0.458 bits per heavy atom. The van der Waals surface area contributed by atoms with Crippen LogP contribution in [-0.4, -0.2) is 4.98 Å². The van der Waals surface area contributed by atoms with Crippen molar-refractivity contribution >= 4 is 91.2 Å². The lowest BCUT2D eigenvalue weighted by molar-refractivity contribution is 0.620. The Morgan fingerprint density at radius 3 is 2.00 bits per heavy atom. The second-order valence-corrected chi connectivity index (χ2v) is 14.1. The zero-order valence-electron chi connectivity index (χ0n) is 25.6. The van der Waals surface area contributed by atoms with E-state index in [4.69, 9.17) is 9.40 Å². The summed E-state index contributed by atoms with van der Waals surface area (Å²) in [7, 11) is 0. The third-order valence-electron chi connectivity index (χ3n) is 9.10. The van der Waals surface area contributed by atoms with E-state index in [-0.39, 0.29) is 0 Å². The number of benzene rings is 7. The van der Waals surface area contributed by atoms with Gasteiger partial charge in [-0.05, 0) is 77.9 Å². The zero-order chi connectivity index (χ0) is 31.6. The molecule has 0 aliphatic carbocycles. The number of hydrogen-bond acceptors (Lipinski definition) is 5. The van der Waals surface area contributed by atoms with Gasteiger partial charge in [0, 0.05) is 63.0 Å². The maximum Gasteiger partial charge on any atom is 0.227 e. The molecule has 0 N–H and O–H groups in total. The molecule has 7 aromatic carbocycles. The van der Waals surface area contributed by atoms with Gasteiger partial charge in [-0.3, -0.25) is 0 Å². The monoisotopic (exact) mass is 650 g/mol. The molecule has 3 heterocycles. The zero-order valence-corrected chi connectivity index (χ0v) is 27.3. The molecule has 226 valence electrons. The van der Waals surface area contributed by atoms with E-state index < -0.39 is 0 Å². The van der Waals surface area contributed by atoms with E-state index in [2.05, 4.69) is 132 Å². The number of nitrogens with zero attached hydrogens (tertiary/aromatic N) is 2. The highest BCUT2D eigenvalue weighted by atomic mass is 32.1. The molecule has 0 aliphatic rings. The van der Waals surface area contributed by atoms with Crippen molar-refractivity contribution in [2.45, 2.75) is 0 Å². The first-order valence-corrected chi connectivity index (χ1v) is 17.6. The van der Waals surface area contributed by atoms with Crippen LogP contribution < -0.4 is 4.90 Å². The second kappa shape index (κ2) is 10.9. The molecule has 0 aliphatic heterocycles. The third kappa shape index (κ3) is 4.43. The molecule has 0 spiro atoms. The lowest BCUT2D eigenvalue weighted by Crippen LogP contribution is -2.09. The fourth-order valence-corrected chi connectivity index (χ4v) is 9.21. The molecule has 0 amide bonds. The van der Waals surface area contributed by atoms with Gasteiger partial charge in [-0.25, -0.2) is 4.98 Å². The van der Waals surface area contributed by atoms with Crippen LogP contribution in [-0.2, 0) is 0 Å². The molecule has 10 rings (SSSR count). The molecular formula is C43H26N2OS2. The van der Waals surface area contributed by atoms with Crippen molar-refractivity contribution in [1.29, 1.82) is 0 Å². The van der Waals surface area contributed by atoms with Gasteiger partial charge < -0.3 is 9.32 Å². The van der Waals surface area contributed by atoms with Crippen molar-refractivity contribution in [3.05, 3.63) is 158 Å². The van der Waals surface area contributed by atoms with E-state index in [1.54, 1.807) is 0 Å². The summed E-state index contributed by atoms with van der Waals surface area (Å²) < 4.78 is 11.3. The third-order valence-corrected chi connectivity index (χ3v) is 11.4. The first-order valence-electron chi connectivity index (χ1n) is 15.9. The van der Waals surface area contributed by atoms with Gasteiger partial charge in [-0.15, -0.1) is 22.7 Å². The standard InChI is InChI=1S/C43H26N2OS2/c1-3-10-28(11-4-1)43-44-37-26-41-36(25-38(37)46-43)35-16-9-15-32(42(35)48-41)27-18-20-30(21-19-27)45(29-12-5-2-6-13-29)31-22-23-34-33-14-7-8-17-39(33)47-40(34)24-31/h1-26H. The summed E-state index contributed by atoms with van der Waals surface area (Å²) in [4.78, 5) is 7.17. The van der Waals surface area contributed by atoms with Crippen molar-refractivity contribution in [3.8, 4) is 22.6 Å². The normalized spacial score (nSPS) is 11.8. The molecule has 0 unspecified atom stereocenters. The molecule has 48 heavy (non-hydrogen) atoms. The maximum absolute atomic E-state index is 6.23. The number of fused-ring (bicyclic) bond motifs is 7. The van der Waals surface area contributed by atoms with Crippen LogP contribution in [0.3, 0.4) is 0 Å². The molecular weight excluding hydrogens is 625 g/mol. The van der Waals surface area contributed by atoms with Crippen LogP contribution in [0.15, 0.2) is 162 Å². The van der Waals surface area contributed by atoms with Crippen LogP contribution in [0.4, 0.5) is 17.1 Å². The van der Waals surface area contributed by atoms with Crippen LogP contribution in [0, 0.1) is 0 Å². The Bertz CT molecular complexity index is 2780. The van der Waals surface area contributed by atoms with E-state index in [1.165, 1.54) is 51.5 Å². The smallest absolute Gasteiger partial charge is 0.227 e. The minimum Gasteiger partial charge on any atom is -0.436 e. The van der Waals surface area contributed by atoms with Crippen LogP contribution in [0.1, 0.15) is 0 Å². The molecule has 0 fully saturated rings. The van der Waals surface area contributed by atoms with Gasteiger partial charge in [0.2, 0.25) is 5.89 Å². The van der Waals surface area contributed by atoms with Crippen LogP contribution in [0.25, 0.3) is 74.0 Å². The maximum atomic E-state index is 6.23. The fourth-order valence-electron chi connectivity index (χ4n) is 6.82. The summed E-state index contributed by atoms with van der Waals surface area (Å²) in [5, 5.41) is 5.05. The van der Waals surface area contributed by atoms with Gasteiger partial charge >= 0.3 is 0 Å². The largest absolute Gasteiger partial charge is 0.436 e. The van der Waals surface area contributed by atoms with Crippen molar-refractivity contribution in [2.24, 2.45) is 0 Å². The fraction of sp³-hybridized carbons (Fsp3) is 0. The van der Waals surface area contributed by atoms with Gasteiger partial charge in [0.1, 0.15) is 5.52 Å². The summed E-state index contributed by atoms with van der Waals surface area (Å²) in [6, 6.07) is 56.1. The summed E-state index contributed by atoms with van der Waals surface area (Å²) in [5.41, 5.74) is 8.50. The first-order chi connectivity index (χ1) is 23.8. The summed E-state index contributed by atoms with van der Waals surface area (Å²) in [5.74, 6) is 0.654. The van der Waals surface area contributed by atoms with Crippen LogP contribution in [0.5, 0.6) is 0 Å². The van der Waals surface area contributed by atoms with Crippen molar-refractivity contribution in [3.63, 3.8) is 0 Å². The molecule has 0 saturated carbocycles. The van der Waals surface area contributed by atoms with Gasteiger partial charge in [-0.1, -0.05) is 91.0 Å². The number of anilines is 3. The molecule has 3 aromatic heterocycles. The predicted molar refractivity (Wildman–Crippen MR) is 205 cm³/mol. The topological polar surface area (TPSA) is 29.3 Å². The Morgan fingerprint density at radius 2 is 1.15 bits per heavy atom. The SMILES string of the molecule is c1ccc(-c2nc3cc4sc5c(-c6ccc(N(c7ccccc7)c7ccc8c(c7)sc7ccccc78)cc6)cccc5c4cc3o2)cc1. The number of hydrogen-bond donors (Lipinski definition) is 0. The average molecular weight is 651 g/mol. The number of thiophene rings is 2. The van der Waals surface area contributed by atoms with E-state index >= 15 is 0 Å². The molecule has 0 radical (unpaired) electrons. The highest BCUT2D eigenvalue weighted by molar-refractivity contribution is 7.26. The molecule has 3 nitrogen and oxygen atoms in total. The lowest BCUT2D eigenvalue weighted by Gasteiger charge is -2.25. The van der Waals surface area contributed by atoms with Crippen LogP contribution in [0.2, 0.25) is 0 Å². The number of para-hydroxylation sites is 1. The van der Waals surface area contributed by atoms with E-state index in [0.717, 1.165) is 33.7 Å². The van der Waals surface area contributed by atoms with Crippen LogP contribution >= 0.6 is 22.7 Å². The van der Waals surface area contributed by atoms with Crippen molar-refractivity contribution in [1.82, 2.24) is 4.98 Å². The average Bonchev–Trinajstić information content (AvgIpc) is 3.84. The van der Waals surface area contributed by atoms with Crippen molar-refractivity contribution in [2.75, 3.05) is 4.90 Å². The number of rotatable bonds is 5. The molecule has 0 atom stereocenters. The second-order valence-electron chi connectivity index (χ2n) is 12.0. The Kier molecular flexibility index (Phi) is 6.22. The molecule has 5 heteroatoms. The number of aromatic nitrogens is 1. The van der Waals surface area contributed by atoms with E-state index in [0.29, 0.717) is 5.89 Å². The minimum absolute atomic E-state index is 0.654. The van der Waals surface area contributed by atoms with Gasteiger partial charge in [-0.2, -0.15) is 0 Å². The lowest BCUT2D eigenvalue weighted by atomic mass is 10.0. The van der Waals surface area contributed by atoms with Gasteiger partial charge in [0.25, 0.3) is 0 Å². The summed E-state index contributed by atoms with van der Waals surface area (Å²) in [6.07, 6.45) is 0.